The van der Waals surface area contributed by atoms with Crippen molar-refractivity contribution in [3.05, 3.63) is 32.7 Å². The predicted molar refractivity (Wildman–Crippen MR) is 81.2 cm³/mol. The van der Waals surface area contributed by atoms with Crippen LogP contribution in [-0.4, -0.2) is 29.3 Å². The summed E-state index contributed by atoms with van der Waals surface area (Å²) in [6.07, 6.45) is 3.22. The molecule has 1 unspecified atom stereocenters. The lowest BCUT2D eigenvalue weighted by molar-refractivity contribution is 0.0638. The SMILES string of the molecule is O=C(c1ccc(Br)cc1Br)N1CCCCC1CCl. The molecule has 98 valence electrons. The topological polar surface area (TPSA) is 20.3 Å². The molecule has 1 aliphatic rings. The molecule has 0 N–H and O–H groups in total. The van der Waals surface area contributed by atoms with Crippen molar-refractivity contribution in [2.24, 2.45) is 0 Å². The first-order valence-corrected chi connectivity index (χ1v) is 8.07. The Morgan fingerprint density at radius 1 is 1.39 bits per heavy atom. The van der Waals surface area contributed by atoms with Crippen LogP contribution in [0.1, 0.15) is 29.6 Å². The van der Waals surface area contributed by atoms with Crippen LogP contribution in [0.4, 0.5) is 0 Å². The second kappa shape index (κ2) is 6.40. The first kappa shape index (κ1) is 14.4. The van der Waals surface area contributed by atoms with E-state index in [0.29, 0.717) is 11.4 Å². The van der Waals surface area contributed by atoms with Crippen molar-refractivity contribution in [3.8, 4) is 0 Å². The van der Waals surface area contributed by atoms with E-state index in [4.69, 9.17) is 11.6 Å². The fourth-order valence-electron chi connectivity index (χ4n) is 2.25. The van der Waals surface area contributed by atoms with E-state index in [9.17, 15) is 4.79 Å². The normalized spacial score (nSPS) is 19.9. The Morgan fingerprint density at radius 2 is 2.17 bits per heavy atom. The molecule has 5 heteroatoms. The minimum atomic E-state index is 0.0692. The third kappa shape index (κ3) is 3.09. The maximum absolute atomic E-state index is 12.5. The van der Waals surface area contributed by atoms with Crippen LogP contribution in [-0.2, 0) is 0 Å². The molecule has 1 amide bonds. The van der Waals surface area contributed by atoms with Gasteiger partial charge in [-0.3, -0.25) is 4.79 Å². The van der Waals surface area contributed by atoms with Crippen molar-refractivity contribution in [3.63, 3.8) is 0 Å². The monoisotopic (exact) mass is 393 g/mol. The summed E-state index contributed by atoms with van der Waals surface area (Å²) in [6, 6.07) is 5.80. The molecular formula is C13H14Br2ClNO. The van der Waals surface area contributed by atoms with Gasteiger partial charge in [-0.1, -0.05) is 15.9 Å². The van der Waals surface area contributed by atoms with Crippen molar-refractivity contribution in [2.75, 3.05) is 12.4 Å². The number of nitrogens with zero attached hydrogens (tertiary/aromatic N) is 1. The van der Waals surface area contributed by atoms with Crippen LogP contribution >= 0.6 is 43.5 Å². The van der Waals surface area contributed by atoms with E-state index in [2.05, 4.69) is 31.9 Å². The lowest BCUT2D eigenvalue weighted by Gasteiger charge is -2.34. The number of amides is 1. The third-order valence-electron chi connectivity index (χ3n) is 3.23. The molecule has 1 saturated heterocycles. The van der Waals surface area contributed by atoms with Crippen molar-refractivity contribution in [1.29, 1.82) is 0 Å². The molecule has 1 aromatic carbocycles. The summed E-state index contributed by atoms with van der Waals surface area (Å²) in [7, 11) is 0. The standard InChI is InChI=1S/C13H14Br2ClNO/c14-9-4-5-11(12(15)7-9)13(18)17-6-2-1-3-10(17)8-16/h4-5,7,10H,1-3,6,8H2. The molecule has 0 saturated carbocycles. The zero-order valence-electron chi connectivity index (χ0n) is 9.83. The number of carbonyl (C=O) groups is 1. The summed E-state index contributed by atoms with van der Waals surface area (Å²) < 4.78 is 1.78. The van der Waals surface area contributed by atoms with Gasteiger partial charge in [0.15, 0.2) is 0 Å². The number of hydrogen-bond donors (Lipinski definition) is 0. The van der Waals surface area contributed by atoms with Crippen LogP contribution in [0.3, 0.4) is 0 Å². The highest BCUT2D eigenvalue weighted by Crippen LogP contribution is 2.26. The average Bonchev–Trinajstić information content (AvgIpc) is 2.38. The number of halogens is 3. The summed E-state index contributed by atoms with van der Waals surface area (Å²) in [4.78, 5) is 14.4. The van der Waals surface area contributed by atoms with E-state index >= 15 is 0 Å². The lowest BCUT2D eigenvalue weighted by atomic mass is 10.0. The van der Waals surface area contributed by atoms with Crippen LogP contribution in [0, 0.1) is 0 Å². The fourth-order valence-corrected chi connectivity index (χ4v) is 3.78. The fraction of sp³-hybridized carbons (Fsp3) is 0.462. The number of benzene rings is 1. The summed E-state index contributed by atoms with van der Waals surface area (Å²) in [5.74, 6) is 0.583. The average molecular weight is 396 g/mol. The van der Waals surface area contributed by atoms with E-state index in [1.807, 2.05) is 23.1 Å². The highest BCUT2D eigenvalue weighted by atomic mass is 79.9. The Labute approximate surface area is 129 Å². The van der Waals surface area contributed by atoms with Gasteiger partial charge in [0, 0.05) is 27.4 Å². The molecule has 2 nitrogen and oxygen atoms in total. The number of hydrogen-bond acceptors (Lipinski definition) is 1. The van der Waals surface area contributed by atoms with E-state index in [1.165, 1.54) is 0 Å². The summed E-state index contributed by atoms with van der Waals surface area (Å²) in [5.41, 5.74) is 0.704. The molecule has 0 radical (unpaired) electrons. The Hall–Kier alpha value is -0.0600. The van der Waals surface area contributed by atoms with Gasteiger partial charge in [-0.2, -0.15) is 0 Å². The Bertz CT molecular complexity index is 453. The molecule has 2 rings (SSSR count). The van der Waals surface area contributed by atoms with Crippen molar-refractivity contribution in [2.45, 2.75) is 25.3 Å². The summed E-state index contributed by atoms with van der Waals surface area (Å²) in [6.45, 7) is 0.804. The molecule has 1 atom stereocenters. The second-order valence-electron chi connectivity index (χ2n) is 4.43. The van der Waals surface area contributed by atoms with Gasteiger partial charge in [0.1, 0.15) is 0 Å². The molecular weight excluding hydrogens is 381 g/mol. The zero-order chi connectivity index (χ0) is 13.1. The number of rotatable bonds is 2. The Balaban J connectivity index is 2.24. The molecule has 18 heavy (non-hydrogen) atoms. The second-order valence-corrected chi connectivity index (χ2v) is 6.51. The van der Waals surface area contributed by atoms with Gasteiger partial charge in [-0.15, -0.1) is 11.6 Å². The molecule has 0 aromatic heterocycles. The molecule has 1 fully saturated rings. The van der Waals surface area contributed by atoms with Crippen LogP contribution in [0.5, 0.6) is 0 Å². The number of alkyl halides is 1. The number of likely N-dealkylation sites (tertiary alicyclic amines) is 1. The van der Waals surface area contributed by atoms with Crippen LogP contribution < -0.4 is 0 Å². The lowest BCUT2D eigenvalue weighted by Crippen LogP contribution is -2.44. The summed E-state index contributed by atoms with van der Waals surface area (Å²) in [5, 5.41) is 0. The van der Waals surface area contributed by atoms with Crippen LogP contribution in [0.25, 0.3) is 0 Å². The molecule has 1 heterocycles. The highest BCUT2D eigenvalue weighted by Gasteiger charge is 2.27. The van der Waals surface area contributed by atoms with Gasteiger partial charge in [-0.25, -0.2) is 0 Å². The van der Waals surface area contributed by atoms with Crippen molar-refractivity contribution < 1.29 is 4.79 Å². The predicted octanol–water partition coefficient (Wildman–Crippen LogP) is 4.45. The smallest absolute Gasteiger partial charge is 0.255 e. The molecule has 0 spiro atoms. The molecule has 0 bridgehead atoms. The van der Waals surface area contributed by atoms with Crippen molar-refractivity contribution in [1.82, 2.24) is 4.90 Å². The van der Waals surface area contributed by atoms with E-state index in [0.717, 1.165) is 34.8 Å². The Morgan fingerprint density at radius 3 is 2.83 bits per heavy atom. The van der Waals surface area contributed by atoms with E-state index in [-0.39, 0.29) is 11.9 Å². The van der Waals surface area contributed by atoms with Gasteiger partial charge in [0.25, 0.3) is 5.91 Å². The molecule has 1 aliphatic heterocycles. The van der Waals surface area contributed by atoms with Crippen LogP contribution in [0.2, 0.25) is 0 Å². The Kier molecular flexibility index (Phi) is 5.10. The largest absolute Gasteiger partial charge is 0.334 e. The number of piperidine rings is 1. The number of carbonyl (C=O) groups excluding carboxylic acids is 1. The van der Waals surface area contributed by atoms with Crippen LogP contribution in [0.15, 0.2) is 27.1 Å². The first-order chi connectivity index (χ1) is 8.63. The minimum absolute atomic E-state index is 0.0692. The van der Waals surface area contributed by atoms with Gasteiger partial charge in [0.2, 0.25) is 0 Å². The van der Waals surface area contributed by atoms with Crippen molar-refractivity contribution >= 4 is 49.4 Å². The van der Waals surface area contributed by atoms with Gasteiger partial charge < -0.3 is 4.90 Å². The molecule has 0 aliphatic carbocycles. The maximum Gasteiger partial charge on any atom is 0.255 e. The first-order valence-electron chi connectivity index (χ1n) is 5.95. The minimum Gasteiger partial charge on any atom is -0.334 e. The highest BCUT2D eigenvalue weighted by molar-refractivity contribution is 9.11. The van der Waals surface area contributed by atoms with Gasteiger partial charge >= 0.3 is 0 Å². The maximum atomic E-state index is 12.5. The van der Waals surface area contributed by atoms with Gasteiger partial charge in [-0.05, 0) is 53.4 Å². The third-order valence-corrected chi connectivity index (χ3v) is 4.73. The van der Waals surface area contributed by atoms with Gasteiger partial charge in [0.05, 0.1) is 5.56 Å². The molecule has 1 aromatic rings. The quantitative estimate of drug-likeness (QED) is 0.678. The van der Waals surface area contributed by atoms with E-state index in [1.54, 1.807) is 0 Å². The zero-order valence-corrected chi connectivity index (χ0v) is 13.8. The van der Waals surface area contributed by atoms with E-state index < -0.39 is 0 Å². The summed E-state index contributed by atoms with van der Waals surface area (Å²) >= 11 is 12.8.